The predicted octanol–water partition coefficient (Wildman–Crippen LogP) is 3.66. The van der Waals surface area contributed by atoms with Gasteiger partial charge < -0.3 is 15.2 Å². The van der Waals surface area contributed by atoms with E-state index in [-0.39, 0.29) is 17.4 Å². The molecule has 0 spiro atoms. The normalized spacial score (nSPS) is 13.5. The molecule has 0 fully saturated rings. The highest BCUT2D eigenvalue weighted by Crippen LogP contribution is 2.27. The van der Waals surface area contributed by atoms with E-state index in [1.54, 1.807) is 25.3 Å². The summed E-state index contributed by atoms with van der Waals surface area (Å²) >= 11 is 5.84. The second-order valence-corrected chi connectivity index (χ2v) is 5.29. The van der Waals surface area contributed by atoms with E-state index in [4.69, 9.17) is 16.3 Å². The minimum absolute atomic E-state index is 0.0992. The first kappa shape index (κ1) is 14.1. The predicted molar refractivity (Wildman–Crippen MR) is 71.9 cm³/mol. The number of nitrogens with one attached hydrogen (secondary N) is 1. The molecule has 0 aliphatic carbocycles. The largest absolute Gasteiger partial charge is 0.506 e. The van der Waals surface area contributed by atoms with Crippen LogP contribution in [-0.4, -0.2) is 23.9 Å². The number of hydrogen-bond donors (Lipinski definition) is 2. The zero-order valence-electron chi connectivity index (χ0n) is 10.7. The van der Waals surface area contributed by atoms with Crippen LogP contribution in [0.25, 0.3) is 0 Å². The second kappa shape index (κ2) is 5.61. The highest BCUT2D eigenvalue weighted by molar-refractivity contribution is 6.32. The van der Waals surface area contributed by atoms with Gasteiger partial charge in [0.05, 0.1) is 10.6 Å². The number of ether oxygens (including phenoxy) is 1. The van der Waals surface area contributed by atoms with Crippen molar-refractivity contribution in [3.8, 4) is 5.75 Å². The zero-order valence-corrected chi connectivity index (χ0v) is 11.5. The molecule has 1 aromatic rings. The fraction of sp³-hybridized carbons (Fsp3) is 0.538. The summed E-state index contributed by atoms with van der Waals surface area (Å²) in [4.78, 5) is 0. The third kappa shape index (κ3) is 4.44. The van der Waals surface area contributed by atoms with Crippen molar-refractivity contribution in [3.63, 3.8) is 0 Å². The van der Waals surface area contributed by atoms with Crippen LogP contribution >= 0.6 is 11.6 Å². The molecule has 1 rings (SSSR count). The van der Waals surface area contributed by atoms with Crippen LogP contribution in [0.3, 0.4) is 0 Å². The minimum atomic E-state index is -0.160. The molecular formula is C13H20ClNO2. The molecule has 0 saturated heterocycles. The molecule has 0 amide bonds. The molecule has 0 saturated carbocycles. The molecule has 2 N–H and O–H groups in total. The molecule has 0 aliphatic heterocycles. The van der Waals surface area contributed by atoms with Crippen LogP contribution in [0.2, 0.25) is 5.02 Å². The van der Waals surface area contributed by atoms with Gasteiger partial charge in [-0.2, -0.15) is 0 Å². The fourth-order valence-electron chi connectivity index (χ4n) is 1.75. The highest BCUT2D eigenvalue weighted by atomic mass is 35.5. The Kier molecular flexibility index (Phi) is 4.66. The minimum Gasteiger partial charge on any atom is -0.506 e. The molecule has 1 aromatic carbocycles. The molecule has 3 nitrogen and oxygen atoms in total. The summed E-state index contributed by atoms with van der Waals surface area (Å²) in [6.07, 6.45) is 0.877. The lowest BCUT2D eigenvalue weighted by Gasteiger charge is -2.27. The van der Waals surface area contributed by atoms with E-state index in [0.717, 1.165) is 12.1 Å². The van der Waals surface area contributed by atoms with Crippen LogP contribution in [-0.2, 0) is 4.74 Å². The summed E-state index contributed by atoms with van der Waals surface area (Å²) in [6.45, 7) is 6.19. The number of anilines is 1. The van der Waals surface area contributed by atoms with E-state index in [1.165, 1.54) is 0 Å². The van der Waals surface area contributed by atoms with Crippen molar-refractivity contribution in [3.05, 3.63) is 23.2 Å². The smallest absolute Gasteiger partial charge is 0.134 e. The summed E-state index contributed by atoms with van der Waals surface area (Å²) in [5.41, 5.74) is 0.736. The molecular weight excluding hydrogens is 238 g/mol. The number of benzene rings is 1. The fourth-order valence-corrected chi connectivity index (χ4v) is 1.93. The van der Waals surface area contributed by atoms with Gasteiger partial charge in [-0.25, -0.2) is 0 Å². The van der Waals surface area contributed by atoms with Crippen molar-refractivity contribution >= 4 is 17.3 Å². The third-order valence-corrected chi connectivity index (χ3v) is 3.01. The Balaban J connectivity index is 2.62. The van der Waals surface area contributed by atoms with E-state index in [0.29, 0.717) is 5.02 Å². The Hall–Kier alpha value is -0.930. The zero-order chi connectivity index (χ0) is 13.1. The van der Waals surface area contributed by atoms with Gasteiger partial charge in [-0.3, -0.25) is 0 Å². The van der Waals surface area contributed by atoms with Crippen molar-refractivity contribution in [2.45, 2.75) is 38.8 Å². The van der Waals surface area contributed by atoms with Crippen LogP contribution in [0, 0.1) is 0 Å². The molecule has 1 unspecified atom stereocenters. The Morgan fingerprint density at radius 1 is 1.47 bits per heavy atom. The molecule has 96 valence electrons. The quantitative estimate of drug-likeness (QED) is 0.791. The third-order valence-electron chi connectivity index (χ3n) is 2.71. The van der Waals surface area contributed by atoms with Gasteiger partial charge in [0.15, 0.2) is 0 Å². The maximum Gasteiger partial charge on any atom is 0.134 e. The first-order valence-corrected chi connectivity index (χ1v) is 6.02. The summed E-state index contributed by atoms with van der Waals surface area (Å²) in [5.74, 6) is 0.0992. The van der Waals surface area contributed by atoms with Crippen LogP contribution in [0.5, 0.6) is 5.75 Å². The topological polar surface area (TPSA) is 41.5 Å². The highest BCUT2D eigenvalue weighted by Gasteiger charge is 2.20. The molecule has 0 bridgehead atoms. The number of halogens is 1. The van der Waals surface area contributed by atoms with Gasteiger partial charge in [0.1, 0.15) is 5.75 Å². The lowest BCUT2D eigenvalue weighted by Crippen LogP contribution is -2.31. The van der Waals surface area contributed by atoms with Crippen molar-refractivity contribution < 1.29 is 9.84 Å². The van der Waals surface area contributed by atoms with Crippen molar-refractivity contribution in [2.24, 2.45) is 0 Å². The first-order valence-electron chi connectivity index (χ1n) is 5.64. The van der Waals surface area contributed by atoms with Crippen LogP contribution in [0.15, 0.2) is 18.2 Å². The van der Waals surface area contributed by atoms with Gasteiger partial charge in [0, 0.05) is 18.8 Å². The monoisotopic (exact) mass is 257 g/mol. The molecule has 17 heavy (non-hydrogen) atoms. The Labute approximate surface area is 108 Å². The van der Waals surface area contributed by atoms with E-state index in [2.05, 4.69) is 26.1 Å². The molecule has 4 heteroatoms. The van der Waals surface area contributed by atoms with E-state index >= 15 is 0 Å². The van der Waals surface area contributed by atoms with Crippen molar-refractivity contribution in [2.75, 3.05) is 12.4 Å². The average Bonchev–Trinajstić information content (AvgIpc) is 2.23. The number of rotatable bonds is 5. The summed E-state index contributed by atoms with van der Waals surface area (Å²) in [5, 5.41) is 13.0. The first-order chi connectivity index (χ1) is 7.84. The number of hydrogen-bond acceptors (Lipinski definition) is 3. The summed E-state index contributed by atoms with van der Waals surface area (Å²) in [7, 11) is 1.71. The second-order valence-electron chi connectivity index (χ2n) is 4.88. The van der Waals surface area contributed by atoms with E-state index in [1.807, 2.05) is 0 Å². The lowest BCUT2D eigenvalue weighted by atomic mass is 10.00. The van der Waals surface area contributed by atoms with E-state index in [9.17, 15) is 5.11 Å². The van der Waals surface area contributed by atoms with Crippen LogP contribution in [0.4, 0.5) is 5.69 Å². The molecule has 1 atom stereocenters. The number of methoxy groups -OCH3 is 1. The molecule has 0 heterocycles. The Morgan fingerprint density at radius 3 is 2.65 bits per heavy atom. The van der Waals surface area contributed by atoms with Crippen LogP contribution < -0.4 is 5.32 Å². The Morgan fingerprint density at radius 2 is 2.12 bits per heavy atom. The van der Waals surface area contributed by atoms with Gasteiger partial charge >= 0.3 is 0 Å². The standard InChI is InChI=1S/C13H20ClNO2/c1-9(8-13(2,3)17-4)15-10-5-6-12(16)11(14)7-10/h5-7,9,15-16H,8H2,1-4H3. The van der Waals surface area contributed by atoms with Crippen LogP contribution in [0.1, 0.15) is 27.2 Å². The SMILES string of the molecule is COC(C)(C)CC(C)Nc1ccc(O)c(Cl)c1. The van der Waals surface area contributed by atoms with Gasteiger partial charge in [-0.1, -0.05) is 11.6 Å². The van der Waals surface area contributed by atoms with Gasteiger partial charge in [-0.15, -0.1) is 0 Å². The lowest BCUT2D eigenvalue weighted by molar-refractivity contribution is 0.0128. The van der Waals surface area contributed by atoms with E-state index < -0.39 is 0 Å². The number of phenolic OH excluding ortho intramolecular Hbond substituents is 1. The van der Waals surface area contributed by atoms with Gasteiger partial charge in [-0.05, 0) is 45.4 Å². The molecule has 0 aromatic heterocycles. The Bertz CT molecular complexity index is 380. The maximum absolute atomic E-state index is 9.32. The summed E-state index contributed by atoms with van der Waals surface area (Å²) in [6, 6.07) is 5.36. The molecule has 0 aliphatic rings. The molecule has 0 radical (unpaired) electrons. The number of phenols is 1. The average molecular weight is 258 g/mol. The van der Waals surface area contributed by atoms with Gasteiger partial charge in [0.25, 0.3) is 0 Å². The van der Waals surface area contributed by atoms with Gasteiger partial charge in [0.2, 0.25) is 0 Å². The van der Waals surface area contributed by atoms with Crippen molar-refractivity contribution in [1.82, 2.24) is 0 Å². The maximum atomic E-state index is 9.32. The van der Waals surface area contributed by atoms with Crippen molar-refractivity contribution in [1.29, 1.82) is 0 Å². The number of aromatic hydroxyl groups is 1. The summed E-state index contributed by atoms with van der Waals surface area (Å²) < 4.78 is 5.38.